The molecule has 1 aromatic heterocycles. The van der Waals surface area contributed by atoms with Crippen molar-refractivity contribution >= 4 is 23.6 Å². The maximum Gasteiger partial charge on any atom is 0.330 e. The number of rotatable bonds is 10. The number of nitrogens with zero attached hydrogens (tertiary/aromatic N) is 3. The first kappa shape index (κ1) is 23.6. The number of anilines is 1. The molecule has 0 N–H and O–H groups in total. The smallest absolute Gasteiger partial charge is 0.330 e. The van der Waals surface area contributed by atoms with Crippen LogP contribution in [-0.2, 0) is 20.7 Å². The van der Waals surface area contributed by atoms with Crippen LogP contribution < -0.4 is 4.90 Å². The number of hydrogen-bond donors (Lipinski definition) is 0. The Balaban J connectivity index is 1.64. The minimum Gasteiger partial charge on any atom is -0.466 e. The van der Waals surface area contributed by atoms with Crippen LogP contribution >= 0.6 is 0 Å². The molecule has 0 spiro atoms. The van der Waals surface area contributed by atoms with Crippen molar-refractivity contribution in [3.63, 3.8) is 0 Å². The topological polar surface area (TPSA) is 85.5 Å². The van der Waals surface area contributed by atoms with E-state index in [2.05, 4.69) is 14.9 Å². The van der Waals surface area contributed by atoms with Crippen LogP contribution in [0.5, 0.6) is 0 Å². The summed E-state index contributed by atoms with van der Waals surface area (Å²) in [7, 11) is 1.29. The third-order valence-electron chi connectivity index (χ3n) is 5.34. The number of alkyl halides is 2. The van der Waals surface area contributed by atoms with Gasteiger partial charge in [0, 0.05) is 43.5 Å². The van der Waals surface area contributed by atoms with Gasteiger partial charge in [-0.2, -0.15) is 4.98 Å². The maximum absolute atomic E-state index is 13.4. The second-order valence-corrected chi connectivity index (χ2v) is 7.95. The molecule has 172 valence electrons. The summed E-state index contributed by atoms with van der Waals surface area (Å²) >= 11 is 0. The number of benzene rings is 1. The Kier molecular flexibility index (Phi) is 7.71. The predicted octanol–water partition coefficient (Wildman–Crippen LogP) is 4.36. The molecule has 0 unspecified atom stereocenters. The first-order valence-corrected chi connectivity index (χ1v) is 10.6. The Bertz CT molecular complexity index is 966. The van der Waals surface area contributed by atoms with Crippen LogP contribution in [0.3, 0.4) is 0 Å². The Morgan fingerprint density at radius 1 is 1.28 bits per heavy atom. The molecule has 1 aromatic carbocycles. The van der Waals surface area contributed by atoms with E-state index in [9.17, 15) is 18.4 Å². The third-order valence-corrected chi connectivity index (χ3v) is 5.34. The van der Waals surface area contributed by atoms with Gasteiger partial charge in [-0.05, 0) is 43.5 Å². The lowest BCUT2D eigenvalue weighted by molar-refractivity contribution is -0.147. The summed E-state index contributed by atoms with van der Waals surface area (Å²) in [6.07, 6.45) is 5.02. The summed E-state index contributed by atoms with van der Waals surface area (Å²) in [5.41, 5.74) is 1.32. The number of unbranched alkanes of at least 4 members (excludes halogenated alkanes) is 2. The van der Waals surface area contributed by atoms with Gasteiger partial charge in [-0.15, -0.1) is 0 Å². The SMILES string of the molecule is COC(=O)/C=C/c1cccc(N(CCCCCc2nc(C)no2)C(=O)C2CC(F)(F)C2)c1. The quantitative estimate of drug-likeness (QED) is 0.306. The van der Waals surface area contributed by atoms with Gasteiger partial charge in [0.25, 0.3) is 0 Å². The molecule has 1 saturated carbocycles. The van der Waals surface area contributed by atoms with Gasteiger partial charge >= 0.3 is 5.97 Å². The zero-order valence-corrected chi connectivity index (χ0v) is 18.2. The van der Waals surface area contributed by atoms with Crippen LogP contribution in [0.1, 0.15) is 49.4 Å². The second kappa shape index (κ2) is 10.5. The molecule has 0 aliphatic heterocycles. The lowest BCUT2D eigenvalue weighted by Gasteiger charge is -2.37. The molecule has 7 nitrogen and oxygen atoms in total. The number of aryl methyl sites for hydroxylation is 2. The zero-order chi connectivity index (χ0) is 23.1. The number of carbonyl (C=O) groups is 2. The Hall–Kier alpha value is -3.10. The van der Waals surface area contributed by atoms with Gasteiger partial charge in [0.05, 0.1) is 7.11 Å². The van der Waals surface area contributed by atoms with Gasteiger partial charge in [0.2, 0.25) is 17.7 Å². The lowest BCUT2D eigenvalue weighted by Crippen LogP contribution is -2.47. The number of amides is 1. The Morgan fingerprint density at radius 2 is 2.06 bits per heavy atom. The van der Waals surface area contributed by atoms with Gasteiger partial charge in [-0.25, -0.2) is 13.6 Å². The summed E-state index contributed by atoms with van der Waals surface area (Å²) in [6, 6.07) is 7.08. The highest BCUT2D eigenvalue weighted by atomic mass is 19.3. The lowest BCUT2D eigenvalue weighted by atomic mass is 9.80. The number of methoxy groups -OCH3 is 1. The molecular formula is C23H27F2N3O4. The average molecular weight is 447 g/mol. The molecule has 2 aromatic rings. The molecule has 3 rings (SSSR count). The number of halogens is 2. The molecule has 1 aliphatic carbocycles. The fourth-order valence-corrected chi connectivity index (χ4v) is 3.62. The molecule has 32 heavy (non-hydrogen) atoms. The Labute approximate surface area is 185 Å². The number of esters is 1. The first-order valence-electron chi connectivity index (χ1n) is 10.6. The van der Waals surface area contributed by atoms with Crippen LogP contribution in [0.4, 0.5) is 14.5 Å². The van der Waals surface area contributed by atoms with Gasteiger partial charge < -0.3 is 14.2 Å². The number of carbonyl (C=O) groups excluding carboxylic acids is 2. The van der Waals surface area contributed by atoms with Crippen molar-refractivity contribution < 1.29 is 27.6 Å². The van der Waals surface area contributed by atoms with E-state index in [1.54, 1.807) is 42.2 Å². The molecule has 1 amide bonds. The maximum atomic E-state index is 13.4. The largest absolute Gasteiger partial charge is 0.466 e. The molecule has 0 radical (unpaired) electrons. The molecule has 0 atom stereocenters. The summed E-state index contributed by atoms with van der Waals surface area (Å²) in [6.45, 7) is 2.17. The van der Waals surface area contributed by atoms with Gasteiger partial charge in [-0.3, -0.25) is 4.79 Å². The third kappa shape index (κ3) is 6.45. The highest BCUT2D eigenvalue weighted by Crippen LogP contribution is 2.43. The van der Waals surface area contributed by atoms with E-state index in [1.807, 2.05) is 0 Å². The van der Waals surface area contributed by atoms with Crippen LogP contribution in [0.15, 0.2) is 34.9 Å². The van der Waals surface area contributed by atoms with E-state index in [-0.39, 0.29) is 5.91 Å². The summed E-state index contributed by atoms with van der Waals surface area (Å²) in [5.74, 6) is -3.05. The van der Waals surface area contributed by atoms with Crippen LogP contribution in [0.25, 0.3) is 6.08 Å². The molecule has 1 fully saturated rings. The van der Waals surface area contributed by atoms with E-state index >= 15 is 0 Å². The van der Waals surface area contributed by atoms with Crippen LogP contribution in [-0.4, -0.2) is 41.6 Å². The molecule has 0 saturated heterocycles. The van der Waals surface area contributed by atoms with E-state index < -0.39 is 30.7 Å². The van der Waals surface area contributed by atoms with Crippen molar-refractivity contribution in [1.29, 1.82) is 0 Å². The van der Waals surface area contributed by atoms with Crippen molar-refractivity contribution in [3.8, 4) is 0 Å². The van der Waals surface area contributed by atoms with Crippen molar-refractivity contribution in [3.05, 3.63) is 47.6 Å². The van der Waals surface area contributed by atoms with Crippen molar-refractivity contribution in [2.75, 3.05) is 18.6 Å². The van der Waals surface area contributed by atoms with Gasteiger partial charge in [0.15, 0.2) is 5.82 Å². The normalized spacial score (nSPS) is 15.5. The van der Waals surface area contributed by atoms with Crippen molar-refractivity contribution in [1.82, 2.24) is 10.1 Å². The fraction of sp³-hybridized carbons (Fsp3) is 0.478. The second-order valence-electron chi connectivity index (χ2n) is 7.95. The van der Waals surface area contributed by atoms with E-state index in [4.69, 9.17) is 4.52 Å². The van der Waals surface area contributed by atoms with Crippen molar-refractivity contribution in [2.24, 2.45) is 5.92 Å². The van der Waals surface area contributed by atoms with E-state index in [1.165, 1.54) is 13.2 Å². The van der Waals surface area contributed by atoms with Gasteiger partial charge in [-0.1, -0.05) is 23.7 Å². The highest BCUT2D eigenvalue weighted by molar-refractivity contribution is 5.96. The fourth-order valence-electron chi connectivity index (χ4n) is 3.62. The average Bonchev–Trinajstić information content (AvgIpc) is 3.17. The minimum atomic E-state index is -2.76. The number of hydrogen-bond acceptors (Lipinski definition) is 6. The molecule has 9 heteroatoms. The van der Waals surface area contributed by atoms with E-state index in [0.717, 1.165) is 12.8 Å². The summed E-state index contributed by atoms with van der Waals surface area (Å²) in [5, 5.41) is 3.76. The van der Waals surface area contributed by atoms with Gasteiger partial charge in [0.1, 0.15) is 0 Å². The summed E-state index contributed by atoms with van der Waals surface area (Å²) < 4.78 is 36.4. The monoisotopic (exact) mass is 447 g/mol. The van der Waals surface area contributed by atoms with Crippen molar-refractivity contribution in [2.45, 2.75) is 51.4 Å². The summed E-state index contributed by atoms with van der Waals surface area (Å²) in [4.78, 5) is 30.1. The molecule has 1 heterocycles. The molecule has 0 bridgehead atoms. The molecule has 1 aliphatic rings. The highest BCUT2D eigenvalue weighted by Gasteiger charge is 2.49. The standard InChI is InChI=1S/C23H27F2N3O4/c1-16-26-20(32-27-16)9-4-3-5-12-28(22(30)18-14-23(24,25)15-18)19-8-6-7-17(13-19)10-11-21(29)31-2/h6-8,10-11,13,18H,3-5,9,12,14-15H2,1-2H3/b11-10+. The Morgan fingerprint density at radius 3 is 2.72 bits per heavy atom. The first-order chi connectivity index (χ1) is 15.3. The van der Waals surface area contributed by atoms with Crippen LogP contribution in [0, 0.1) is 12.8 Å². The number of ether oxygens (including phenoxy) is 1. The zero-order valence-electron chi connectivity index (χ0n) is 18.2. The van der Waals surface area contributed by atoms with E-state index in [0.29, 0.717) is 42.4 Å². The minimum absolute atomic E-state index is 0.294. The predicted molar refractivity (Wildman–Crippen MR) is 114 cm³/mol. The van der Waals surface area contributed by atoms with Crippen LogP contribution in [0.2, 0.25) is 0 Å². The number of aromatic nitrogens is 2. The molecular weight excluding hydrogens is 420 g/mol.